The monoisotopic (exact) mass is 273 g/mol. The molecule has 106 valence electrons. The van der Waals surface area contributed by atoms with E-state index < -0.39 is 0 Å². The Hall–Kier alpha value is -2.37. The quantitative estimate of drug-likeness (QED) is 0.874. The summed E-state index contributed by atoms with van der Waals surface area (Å²) in [6, 6.07) is 5.31. The first-order chi connectivity index (χ1) is 9.62. The molecule has 2 aromatic heterocycles. The van der Waals surface area contributed by atoms with Gasteiger partial charge in [0.1, 0.15) is 5.82 Å². The van der Waals surface area contributed by atoms with Gasteiger partial charge in [-0.3, -0.25) is 9.48 Å². The van der Waals surface area contributed by atoms with E-state index in [4.69, 9.17) is 0 Å². The zero-order valence-corrected chi connectivity index (χ0v) is 12.0. The van der Waals surface area contributed by atoms with Crippen LogP contribution in [-0.4, -0.2) is 27.2 Å². The first-order valence-electron chi connectivity index (χ1n) is 6.68. The molecule has 0 fully saturated rings. The molecular weight excluding hydrogens is 254 g/mol. The molecule has 0 radical (unpaired) electrons. The van der Waals surface area contributed by atoms with Gasteiger partial charge >= 0.3 is 0 Å². The highest BCUT2D eigenvalue weighted by atomic mass is 16.1. The maximum Gasteiger partial charge on any atom is 0.257 e. The molecule has 0 saturated heterocycles. The maximum absolute atomic E-state index is 12.2. The molecule has 0 aliphatic heterocycles. The minimum absolute atomic E-state index is 0.181. The predicted octanol–water partition coefficient (Wildman–Crippen LogP) is 2.06. The van der Waals surface area contributed by atoms with Gasteiger partial charge in [-0.2, -0.15) is 5.10 Å². The number of aryl methyl sites for hydroxylation is 2. The summed E-state index contributed by atoms with van der Waals surface area (Å²) in [5, 5.41) is 10.0. The lowest BCUT2D eigenvalue weighted by molar-refractivity contribution is 0.102. The van der Waals surface area contributed by atoms with Crippen LogP contribution in [0.15, 0.2) is 24.4 Å². The summed E-state index contributed by atoms with van der Waals surface area (Å²) in [4.78, 5) is 16.7. The van der Waals surface area contributed by atoms with E-state index in [1.54, 1.807) is 36.1 Å². The number of rotatable bonds is 5. The molecule has 0 spiro atoms. The van der Waals surface area contributed by atoms with Gasteiger partial charge in [-0.15, -0.1) is 0 Å². The highest BCUT2D eigenvalue weighted by Crippen LogP contribution is 2.13. The van der Waals surface area contributed by atoms with Gasteiger partial charge in [-0.1, -0.05) is 6.92 Å². The van der Waals surface area contributed by atoms with Gasteiger partial charge in [0.15, 0.2) is 5.82 Å². The molecule has 1 amide bonds. The second-order valence-corrected chi connectivity index (χ2v) is 4.45. The van der Waals surface area contributed by atoms with Crippen LogP contribution in [0.5, 0.6) is 0 Å². The number of aromatic nitrogens is 3. The smallest absolute Gasteiger partial charge is 0.257 e. The molecule has 0 aliphatic carbocycles. The Bertz CT molecular complexity index is 605. The van der Waals surface area contributed by atoms with Crippen molar-refractivity contribution in [3.63, 3.8) is 0 Å². The molecule has 2 N–H and O–H groups in total. The fourth-order valence-corrected chi connectivity index (χ4v) is 1.84. The second-order valence-electron chi connectivity index (χ2n) is 4.45. The van der Waals surface area contributed by atoms with Crippen LogP contribution in [0, 0.1) is 0 Å². The van der Waals surface area contributed by atoms with Gasteiger partial charge in [0.05, 0.1) is 0 Å². The second kappa shape index (κ2) is 6.18. The summed E-state index contributed by atoms with van der Waals surface area (Å²) in [6.45, 7) is 4.77. The normalized spacial score (nSPS) is 10.3. The molecule has 2 rings (SSSR count). The van der Waals surface area contributed by atoms with Crippen LogP contribution in [0.2, 0.25) is 0 Å². The SMILES string of the molecule is CCNc1cc(C(=O)Nc2ccn(C)n2)cc(CC)n1. The molecule has 2 aromatic rings. The zero-order chi connectivity index (χ0) is 14.5. The van der Waals surface area contributed by atoms with E-state index in [1.165, 1.54) is 0 Å². The van der Waals surface area contributed by atoms with Gasteiger partial charge < -0.3 is 10.6 Å². The van der Waals surface area contributed by atoms with Crippen molar-refractivity contribution < 1.29 is 4.79 Å². The lowest BCUT2D eigenvalue weighted by atomic mass is 10.2. The summed E-state index contributed by atoms with van der Waals surface area (Å²) in [5.74, 6) is 1.08. The summed E-state index contributed by atoms with van der Waals surface area (Å²) in [5.41, 5.74) is 1.47. The Morgan fingerprint density at radius 1 is 1.30 bits per heavy atom. The van der Waals surface area contributed by atoms with Gasteiger partial charge in [-0.05, 0) is 25.5 Å². The molecule has 0 unspecified atom stereocenters. The van der Waals surface area contributed by atoms with Crippen molar-refractivity contribution in [1.29, 1.82) is 0 Å². The van der Waals surface area contributed by atoms with Crippen LogP contribution in [0.25, 0.3) is 0 Å². The highest BCUT2D eigenvalue weighted by Gasteiger charge is 2.10. The van der Waals surface area contributed by atoms with Crippen LogP contribution >= 0.6 is 0 Å². The fraction of sp³-hybridized carbons (Fsp3) is 0.357. The van der Waals surface area contributed by atoms with Crippen LogP contribution in [0.4, 0.5) is 11.6 Å². The van der Waals surface area contributed by atoms with E-state index in [2.05, 4.69) is 20.7 Å². The largest absolute Gasteiger partial charge is 0.370 e. The molecule has 0 bridgehead atoms. The maximum atomic E-state index is 12.2. The minimum Gasteiger partial charge on any atom is -0.370 e. The first kappa shape index (κ1) is 14.0. The molecule has 0 aliphatic rings. The summed E-state index contributed by atoms with van der Waals surface area (Å²) < 4.78 is 1.64. The lowest BCUT2D eigenvalue weighted by Crippen LogP contribution is -2.14. The molecular formula is C14H19N5O. The van der Waals surface area contributed by atoms with E-state index in [1.807, 2.05) is 13.8 Å². The summed E-state index contributed by atoms with van der Waals surface area (Å²) >= 11 is 0. The number of pyridine rings is 1. The number of hydrogen-bond acceptors (Lipinski definition) is 4. The van der Waals surface area contributed by atoms with Gasteiger partial charge in [-0.25, -0.2) is 4.98 Å². The predicted molar refractivity (Wildman–Crippen MR) is 78.9 cm³/mol. The molecule has 6 nitrogen and oxygen atoms in total. The molecule has 0 saturated carbocycles. The lowest BCUT2D eigenvalue weighted by Gasteiger charge is -2.08. The zero-order valence-electron chi connectivity index (χ0n) is 12.0. The number of carbonyl (C=O) groups excluding carboxylic acids is 1. The minimum atomic E-state index is -0.181. The number of nitrogens with zero attached hydrogens (tertiary/aromatic N) is 3. The highest BCUT2D eigenvalue weighted by molar-refractivity contribution is 6.04. The molecule has 0 atom stereocenters. The van der Waals surface area contributed by atoms with E-state index in [0.717, 1.165) is 24.5 Å². The van der Waals surface area contributed by atoms with Crippen LogP contribution in [-0.2, 0) is 13.5 Å². The Kier molecular flexibility index (Phi) is 4.34. The van der Waals surface area contributed by atoms with Crippen LogP contribution < -0.4 is 10.6 Å². The van der Waals surface area contributed by atoms with Gasteiger partial charge in [0.2, 0.25) is 0 Å². The Morgan fingerprint density at radius 3 is 2.70 bits per heavy atom. The number of hydrogen-bond donors (Lipinski definition) is 2. The van der Waals surface area contributed by atoms with Crippen molar-refractivity contribution in [3.05, 3.63) is 35.7 Å². The Balaban J connectivity index is 2.21. The van der Waals surface area contributed by atoms with E-state index >= 15 is 0 Å². The number of amides is 1. The number of anilines is 2. The molecule has 0 aromatic carbocycles. The number of carbonyl (C=O) groups is 1. The Labute approximate surface area is 118 Å². The standard InChI is InChI=1S/C14H19N5O/c1-4-11-8-10(9-13(16-11)15-5-2)14(20)17-12-6-7-19(3)18-12/h6-9H,4-5H2,1-3H3,(H,15,16)(H,17,18,20). The average molecular weight is 273 g/mol. The third-order valence-corrected chi connectivity index (χ3v) is 2.82. The van der Waals surface area contributed by atoms with Crippen molar-refractivity contribution in [2.24, 2.45) is 7.05 Å². The van der Waals surface area contributed by atoms with Crippen LogP contribution in [0.1, 0.15) is 29.9 Å². The summed E-state index contributed by atoms with van der Waals surface area (Å²) in [7, 11) is 1.81. The summed E-state index contributed by atoms with van der Waals surface area (Å²) in [6.07, 6.45) is 2.56. The van der Waals surface area contributed by atoms with Crippen molar-refractivity contribution in [1.82, 2.24) is 14.8 Å². The average Bonchev–Trinajstić information content (AvgIpc) is 2.84. The van der Waals surface area contributed by atoms with Crippen molar-refractivity contribution in [2.45, 2.75) is 20.3 Å². The third-order valence-electron chi connectivity index (χ3n) is 2.82. The third kappa shape index (κ3) is 3.34. The van der Waals surface area contributed by atoms with Crippen LogP contribution in [0.3, 0.4) is 0 Å². The van der Waals surface area contributed by atoms with Crippen molar-refractivity contribution >= 4 is 17.5 Å². The molecule has 2 heterocycles. The number of nitrogens with one attached hydrogen (secondary N) is 2. The first-order valence-corrected chi connectivity index (χ1v) is 6.68. The van der Waals surface area contributed by atoms with Gasteiger partial charge in [0, 0.05) is 37.1 Å². The van der Waals surface area contributed by atoms with E-state index in [-0.39, 0.29) is 5.91 Å². The van der Waals surface area contributed by atoms with Gasteiger partial charge in [0.25, 0.3) is 5.91 Å². The van der Waals surface area contributed by atoms with E-state index in [9.17, 15) is 4.79 Å². The molecule has 6 heteroatoms. The molecule has 20 heavy (non-hydrogen) atoms. The van der Waals surface area contributed by atoms with Crippen molar-refractivity contribution in [2.75, 3.05) is 17.2 Å². The topological polar surface area (TPSA) is 71.8 Å². The Morgan fingerprint density at radius 2 is 2.10 bits per heavy atom. The fourth-order valence-electron chi connectivity index (χ4n) is 1.84. The van der Waals surface area contributed by atoms with Crippen molar-refractivity contribution in [3.8, 4) is 0 Å². The van der Waals surface area contributed by atoms with E-state index in [0.29, 0.717) is 11.4 Å².